The third-order valence-electron chi connectivity index (χ3n) is 5.33. The Morgan fingerprint density at radius 3 is 2.96 bits per heavy atom. The van der Waals surface area contributed by atoms with Crippen LogP contribution in [0.1, 0.15) is 30.9 Å². The summed E-state index contributed by atoms with van der Waals surface area (Å²) in [6.45, 7) is 8.61. The smallest absolute Gasteiger partial charge is 0.191 e. The van der Waals surface area contributed by atoms with Crippen molar-refractivity contribution in [3.63, 3.8) is 0 Å². The van der Waals surface area contributed by atoms with Crippen molar-refractivity contribution in [2.75, 3.05) is 33.2 Å². The summed E-state index contributed by atoms with van der Waals surface area (Å²) >= 11 is 0. The van der Waals surface area contributed by atoms with E-state index in [0.29, 0.717) is 6.04 Å². The predicted molar refractivity (Wildman–Crippen MR) is 122 cm³/mol. The standard InChI is InChI=1S/C20H31N5.HI/c1-4-25-12-6-8-17(25)14-24-20(21-3)22-11-10-16-13-23-19-15(2)7-5-9-18(16)19;/h5,7,9,13,17,23H,4,6,8,10-12,14H2,1-3H3,(H2,21,22,24);1H. The molecule has 1 saturated heterocycles. The second-order valence-corrected chi connectivity index (χ2v) is 6.87. The second kappa shape index (κ2) is 10.2. The van der Waals surface area contributed by atoms with E-state index in [9.17, 15) is 0 Å². The molecule has 5 nitrogen and oxygen atoms in total. The van der Waals surface area contributed by atoms with Crippen molar-refractivity contribution in [2.24, 2.45) is 4.99 Å². The summed E-state index contributed by atoms with van der Waals surface area (Å²) in [6, 6.07) is 7.11. The topological polar surface area (TPSA) is 55.4 Å². The fourth-order valence-electron chi connectivity index (χ4n) is 3.86. The van der Waals surface area contributed by atoms with Crippen molar-refractivity contribution in [1.29, 1.82) is 0 Å². The number of halogens is 1. The van der Waals surface area contributed by atoms with Crippen LogP contribution in [0.15, 0.2) is 29.4 Å². The third kappa shape index (κ3) is 4.91. The molecular weight excluding hydrogens is 437 g/mol. The first-order valence-corrected chi connectivity index (χ1v) is 9.47. The van der Waals surface area contributed by atoms with E-state index in [1.165, 1.54) is 41.4 Å². The van der Waals surface area contributed by atoms with Crippen LogP contribution in [0.2, 0.25) is 0 Å². The van der Waals surface area contributed by atoms with Gasteiger partial charge in [0.05, 0.1) is 0 Å². The number of para-hydroxylation sites is 1. The molecule has 1 aliphatic rings. The van der Waals surface area contributed by atoms with Gasteiger partial charge in [0.1, 0.15) is 0 Å². The van der Waals surface area contributed by atoms with Gasteiger partial charge in [0.2, 0.25) is 0 Å². The van der Waals surface area contributed by atoms with Gasteiger partial charge in [-0.15, -0.1) is 24.0 Å². The summed E-state index contributed by atoms with van der Waals surface area (Å²) < 4.78 is 0. The lowest BCUT2D eigenvalue weighted by atomic mass is 10.1. The molecule has 0 bridgehead atoms. The van der Waals surface area contributed by atoms with Gasteiger partial charge in [-0.2, -0.15) is 0 Å². The highest BCUT2D eigenvalue weighted by Crippen LogP contribution is 2.21. The van der Waals surface area contributed by atoms with Crippen molar-refractivity contribution in [3.8, 4) is 0 Å². The van der Waals surface area contributed by atoms with Crippen molar-refractivity contribution >= 4 is 40.8 Å². The largest absolute Gasteiger partial charge is 0.361 e. The maximum atomic E-state index is 4.36. The lowest BCUT2D eigenvalue weighted by molar-refractivity contribution is 0.267. The Morgan fingerprint density at radius 1 is 1.35 bits per heavy atom. The number of aromatic amines is 1. The molecule has 1 unspecified atom stereocenters. The normalized spacial score (nSPS) is 18.1. The summed E-state index contributed by atoms with van der Waals surface area (Å²) in [5.74, 6) is 0.902. The molecular formula is C20H32IN5. The highest BCUT2D eigenvalue weighted by molar-refractivity contribution is 14.0. The number of rotatable bonds is 6. The average Bonchev–Trinajstić information content (AvgIpc) is 3.25. The number of fused-ring (bicyclic) bond motifs is 1. The number of benzene rings is 1. The highest BCUT2D eigenvalue weighted by Gasteiger charge is 2.22. The molecule has 6 heteroatoms. The van der Waals surface area contributed by atoms with E-state index < -0.39 is 0 Å². The van der Waals surface area contributed by atoms with Gasteiger partial charge in [-0.05, 0) is 50.4 Å². The Hall–Kier alpha value is -1.28. The zero-order chi connectivity index (χ0) is 17.6. The van der Waals surface area contributed by atoms with Crippen molar-refractivity contribution in [1.82, 2.24) is 20.5 Å². The molecule has 1 atom stereocenters. The first-order chi connectivity index (χ1) is 12.2. The van der Waals surface area contributed by atoms with Crippen LogP contribution in [0.3, 0.4) is 0 Å². The van der Waals surface area contributed by atoms with E-state index in [1.807, 2.05) is 7.05 Å². The van der Waals surface area contributed by atoms with Gasteiger partial charge >= 0.3 is 0 Å². The van der Waals surface area contributed by atoms with Gasteiger partial charge in [0, 0.05) is 43.3 Å². The zero-order valence-electron chi connectivity index (χ0n) is 16.1. The molecule has 1 fully saturated rings. The van der Waals surface area contributed by atoms with Crippen LogP contribution in [0.5, 0.6) is 0 Å². The summed E-state index contributed by atoms with van der Waals surface area (Å²) in [7, 11) is 1.84. The van der Waals surface area contributed by atoms with Crippen LogP contribution >= 0.6 is 24.0 Å². The maximum absolute atomic E-state index is 4.36. The molecule has 0 aliphatic carbocycles. The number of aliphatic imine (C=N–C) groups is 1. The van der Waals surface area contributed by atoms with Crippen LogP contribution in [0.25, 0.3) is 10.9 Å². The van der Waals surface area contributed by atoms with E-state index in [0.717, 1.165) is 32.0 Å². The number of hydrogen-bond donors (Lipinski definition) is 3. The number of nitrogens with one attached hydrogen (secondary N) is 3. The Kier molecular flexibility index (Phi) is 8.21. The molecule has 0 saturated carbocycles. The van der Waals surface area contributed by atoms with Gasteiger partial charge in [-0.3, -0.25) is 9.89 Å². The van der Waals surface area contributed by atoms with Crippen molar-refractivity contribution in [3.05, 3.63) is 35.5 Å². The van der Waals surface area contributed by atoms with Crippen molar-refractivity contribution in [2.45, 2.75) is 39.2 Å². The van der Waals surface area contributed by atoms with Gasteiger partial charge in [0.15, 0.2) is 5.96 Å². The molecule has 0 spiro atoms. The van der Waals surface area contributed by atoms with Crippen LogP contribution < -0.4 is 10.6 Å². The molecule has 1 aromatic heterocycles. The maximum Gasteiger partial charge on any atom is 0.191 e. The summed E-state index contributed by atoms with van der Waals surface area (Å²) in [6.07, 6.45) is 5.71. The minimum atomic E-state index is 0. The Labute approximate surface area is 174 Å². The number of likely N-dealkylation sites (N-methyl/N-ethyl adjacent to an activating group) is 1. The lowest BCUT2D eigenvalue weighted by Crippen LogP contribution is -2.45. The molecule has 0 radical (unpaired) electrons. The van der Waals surface area contributed by atoms with Gasteiger partial charge in [-0.25, -0.2) is 0 Å². The zero-order valence-corrected chi connectivity index (χ0v) is 18.5. The van der Waals surface area contributed by atoms with E-state index in [1.54, 1.807) is 0 Å². The highest BCUT2D eigenvalue weighted by atomic mass is 127. The molecule has 3 N–H and O–H groups in total. The third-order valence-corrected chi connectivity index (χ3v) is 5.33. The van der Waals surface area contributed by atoms with Gasteiger partial charge in [-0.1, -0.05) is 25.1 Å². The Balaban J connectivity index is 0.00000243. The first-order valence-electron chi connectivity index (χ1n) is 9.47. The van der Waals surface area contributed by atoms with Crippen LogP contribution in [0.4, 0.5) is 0 Å². The fourth-order valence-corrected chi connectivity index (χ4v) is 3.86. The fraction of sp³-hybridized carbons (Fsp3) is 0.550. The number of hydrogen-bond acceptors (Lipinski definition) is 2. The molecule has 26 heavy (non-hydrogen) atoms. The number of aromatic nitrogens is 1. The van der Waals surface area contributed by atoms with Crippen molar-refractivity contribution < 1.29 is 0 Å². The van der Waals surface area contributed by atoms with E-state index in [4.69, 9.17) is 0 Å². The minimum absolute atomic E-state index is 0. The second-order valence-electron chi connectivity index (χ2n) is 6.87. The Morgan fingerprint density at radius 2 is 2.19 bits per heavy atom. The summed E-state index contributed by atoms with van der Waals surface area (Å²) in [5, 5.41) is 8.27. The van der Waals surface area contributed by atoms with Crippen LogP contribution in [-0.2, 0) is 6.42 Å². The minimum Gasteiger partial charge on any atom is -0.361 e. The molecule has 3 rings (SSSR count). The van der Waals surface area contributed by atoms with Gasteiger partial charge in [0.25, 0.3) is 0 Å². The number of guanidine groups is 1. The Bertz CT molecular complexity index is 724. The lowest BCUT2D eigenvalue weighted by Gasteiger charge is -2.23. The van der Waals surface area contributed by atoms with Gasteiger partial charge < -0.3 is 15.6 Å². The number of aryl methyl sites for hydroxylation is 1. The predicted octanol–water partition coefficient (Wildman–Crippen LogP) is 3.29. The number of H-pyrrole nitrogens is 1. The molecule has 2 aromatic rings. The molecule has 1 aromatic carbocycles. The summed E-state index contributed by atoms with van der Waals surface area (Å²) in [5.41, 5.74) is 3.90. The van der Waals surface area contributed by atoms with E-state index in [2.05, 4.69) is 63.8 Å². The van der Waals surface area contributed by atoms with Crippen LogP contribution in [0, 0.1) is 6.92 Å². The molecule has 0 amide bonds. The first kappa shape index (κ1) is 21.0. The number of nitrogens with zero attached hydrogens (tertiary/aromatic N) is 2. The average molecular weight is 469 g/mol. The molecule has 2 heterocycles. The molecule has 1 aliphatic heterocycles. The molecule has 144 valence electrons. The SMILES string of the molecule is CCN1CCCC1CNC(=NC)NCCc1c[nH]c2c(C)cccc12.I. The van der Waals surface area contributed by atoms with Crippen LogP contribution in [-0.4, -0.2) is 55.1 Å². The monoisotopic (exact) mass is 469 g/mol. The number of likely N-dealkylation sites (tertiary alicyclic amines) is 1. The quantitative estimate of drug-likeness (QED) is 0.346. The van der Waals surface area contributed by atoms with E-state index >= 15 is 0 Å². The summed E-state index contributed by atoms with van der Waals surface area (Å²) in [4.78, 5) is 10.3. The van der Waals surface area contributed by atoms with E-state index in [-0.39, 0.29) is 24.0 Å².